The molecule has 0 radical (unpaired) electrons. The molecule has 2 aromatic carbocycles. The molecule has 0 bridgehead atoms. The van der Waals surface area contributed by atoms with E-state index in [0.717, 1.165) is 36.4 Å². The third kappa shape index (κ3) is 5.81. The molecule has 0 saturated carbocycles. The molecule has 1 aliphatic heterocycles. The van der Waals surface area contributed by atoms with Crippen LogP contribution in [0.5, 0.6) is 0 Å². The summed E-state index contributed by atoms with van der Waals surface area (Å²) >= 11 is 12.2. The monoisotopic (exact) mass is 458 g/mol. The maximum Gasteiger partial charge on any atom is 0.227 e. The Kier molecular flexibility index (Phi) is 7.17. The summed E-state index contributed by atoms with van der Waals surface area (Å²) in [6.45, 7) is 4.28. The van der Waals surface area contributed by atoms with Crippen molar-refractivity contribution in [2.75, 3.05) is 26.2 Å². The van der Waals surface area contributed by atoms with Gasteiger partial charge in [-0.05, 0) is 71.8 Å². The van der Waals surface area contributed by atoms with Gasteiger partial charge in [0.25, 0.3) is 0 Å². The highest BCUT2D eigenvalue weighted by molar-refractivity contribution is 6.42. The van der Waals surface area contributed by atoms with Crippen LogP contribution in [0.2, 0.25) is 10.0 Å². The molecule has 0 spiro atoms. The average molecular weight is 459 g/mol. The van der Waals surface area contributed by atoms with Gasteiger partial charge in [-0.3, -0.25) is 4.79 Å². The summed E-state index contributed by atoms with van der Waals surface area (Å²) in [4.78, 5) is 17.5. The van der Waals surface area contributed by atoms with E-state index in [4.69, 9.17) is 23.2 Å². The third-order valence-electron chi connectivity index (χ3n) is 5.50. The summed E-state index contributed by atoms with van der Waals surface area (Å²) in [7, 11) is 0. The van der Waals surface area contributed by atoms with Gasteiger partial charge < -0.3 is 9.80 Å². The zero-order valence-electron chi connectivity index (χ0n) is 17.1. The number of carbonyl (C=O) groups excluding carboxylic acids is 1. The molecule has 0 aliphatic carbocycles. The summed E-state index contributed by atoms with van der Waals surface area (Å²) < 4.78 is 1.58. The summed E-state index contributed by atoms with van der Waals surface area (Å²) in [6, 6.07) is 13.2. The Morgan fingerprint density at radius 2 is 1.74 bits per heavy atom. The standard InChI is InChI=1S/C22H24Cl2N6O/c23-20-8-5-18(13-21(20)24)15-29(12-11-28-9-1-2-10-28)22(31)14-17-3-6-19(7-4-17)30-16-25-26-27-30/h3-8,13,16H,1-2,9-12,14-15H2. The Hall–Kier alpha value is -2.48. The van der Waals surface area contributed by atoms with Gasteiger partial charge in [0, 0.05) is 19.6 Å². The van der Waals surface area contributed by atoms with Crippen molar-refractivity contribution in [2.45, 2.75) is 25.8 Å². The van der Waals surface area contributed by atoms with E-state index in [1.807, 2.05) is 41.3 Å². The highest BCUT2D eigenvalue weighted by atomic mass is 35.5. The number of rotatable bonds is 8. The van der Waals surface area contributed by atoms with E-state index >= 15 is 0 Å². The van der Waals surface area contributed by atoms with Crippen molar-refractivity contribution in [1.29, 1.82) is 0 Å². The first-order valence-electron chi connectivity index (χ1n) is 10.3. The predicted molar refractivity (Wildman–Crippen MR) is 120 cm³/mol. The van der Waals surface area contributed by atoms with Gasteiger partial charge >= 0.3 is 0 Å². The normalized spacial score (nSPS) is 14.1. The van der Waals surface area contributed by atoms with Crippen molar-refractivity contribution in [2.24, 2.45) is 0 Å². The Bertz CT molecular complexity index is 1000. The SMILES string of the molecule is O=C(Cc1ccc(-n2cnnn2)cc1)N(CCN1CCCC1)Cc1ccc(Cl)c(Cl)c1. The van der Waals surface area contributed by atoms with Gasteiger partial charge in [0.1, 0.15) is 6.33 Å². The largest absolute Gasteiger partial charge is 0.337 e. The summed E-state index contributed by atoms with van der Waals surface area (Å²) in [5, 5.41) is 12.2. The van der Waals surface area contributed by atoms with Crippen molar-refractivity contribution in [3.8, 4) is 5.69 Å². The Labute approximate surface area is 191 Å². The van der Waals surface area contributed by atoms with Crippen LogP contribution < -0.4 is 0 Å². The number of benzene rings is 2. The molecule has 3 aromatic rings. The second-order valence-corrected chi connectivity index (χ2v) is 8.52. The minimum absolute atomic E-state index is 0.0837. The Morgan fingerprint density at radius 3 is 2.42 bits per heavy atom. The lowest BCUT2D eigenvalue weighted by molar-refractivity contribution is -0.131. The first kappa shape index (κ1) is 21.7. The van der Waals surface area contributed by atoms with E-state index in [1.54, 1.807) is 10.7 Å². The number of carbonyl (C=O) groups is 1. The fourth-order valence-electron chi connectivity index (χ4n) is 3.75. The highest BCUT2D eigenvalue weighted by Gasteiger charge is 2.18. The van der Waals surface area contributed by atoms with E-state index in [-0.39, 0.29) is 5.91 Å². The molecule has 0 N–H and O–H groups in total. The summed E-state index contributed by atoms with van der Waals surface area (Å²) in [5.41, 5.74) is 2.77. The molecule has 1 saturated heterocycles. The molecule has 9 heteroatoms. The molecule has 1 amide bonds. The van der Waals surface area contributed by atoms with Crippen molar-refractivity contribution in [3.05, 3.63) is 70.0 Å². The van der Waals surface area contributed by atoms with Crippen molar-refractivity contribution >= 4 is 29.1 Å². The smallest absolute Gasteiger partial charge is 0.227 e. The van der Waals surface area contributed by atoms with Crippen molar-refractivity contribution in [3.63, 3.8) is 0 Å². The molecule has 1 aromatic heterocycles. The molecular formula is C22H24Cl2N6O. The highest BCUT2D eigenvalue weighted by Crippen LogP contribution is 2.23. The van der Waals surface area contributed by atoms with Crippen LogP contribution in [0.1, 0.15) is 24.0 Å². The molecule has 2 heterocycles. The van der Waals surface area contributed by atoms with Crippen LogP contribution in [0.4, 0.5) is 0 Å². The number of halogens is 2. The van der Waals surface area contributed by atoms with Gasteiger partial charge in [0.2, 0.25) is 5.91 Å². The van der Waals surface area contributed by atoms with Gasteiger partial charge in [-0.2, -0.15) is 0 Å². The quantitative estimate of drug-likeness (QED) is 0.515. The molecule has 1 fully saturated rings. The minimum Gasteiger partial charge on any atom is -0.337 e. The molecular weight excluding hydrogens is 435 g/mol. The molecule has 7 nitrogen and oxygen atoms in total. The minimum atomic E-state index is 0.0837. The number of aromatic nitrogens is 4. The lowest BCUT2D eigenvalue weighted by atomic mass is 10.1. The second-order valence-electron chi connectivity index (χ2n) is 7.71. The van der Waals surface area contributed by atoms with Crippen LogP contribution in [-0.2, 0) is 17.8 Å². The third-order valence-corrected chi connectivity index (χ3v) is 6.24. The first-order chi connectivity index (χ1) is 15.1. The predicted octanol–water partition coefficient (Wildman–Crippen LogP) is 3.64. The number of hydrogen-bond acceptors (Lipinski definition) is 5. The zero-order valence-corrected chi connectivity index (χ0v) is 18.6. The van der Waals surface area contributed by atoms with Gasteiger partial charge in [0.05, 0.1) is 22.2 Å². The van der Waals surface area contributed by atoms with Crippen LogP contribution in [0.3, 0.4) is 0 Å². The average Bonchev–Trinajstić information content (AvgIpc) is 3.48. The summed E-state index contributed by atoms with van der Waals surface area (Å²) in [6.07, 6.45) is 4.33. The van der Waals surface area contributed by atoms with Gasteiger partial charge in [-0.25, -0.2) is 4.68 Å². The lowest BCUT2D eigenvalue weighted by Gasteiger charge is -2.26. The number of nitrogens with zero attached hydrogens (tertiary/aromatic N) is 6. The van der Waals surface area contributed by atoms with Crippen molar-refractivity contribution < 1.29 is 4.79 Å². The van der Waals surface area contributed by atoms with Gasteiger partial charge in [-0.1, -0.05) is 41.4 Å². The maximum atomic E-state index is 13.2. The van der Waals surface area contributed by atoms with Crippen LogP contribution in [-0.4, -0.2) is 62.1 Å². The summed E-state index contributed by atoms with van der Waals surface area (Å²) in [5.74, 6) is 0.0837. The number of tetrazole rings is 1. The molecule has 31 heavy (non-hydrogen) atoms. The van der Waals surface area contributed by atoms with Crippen molar-refractivity contribution in [1.82, 2.24) is 30.0 Å². The second kappa shape index (κ2) is 10.2. The molecule has 162 valence electrons. The van der Waals surface area contributed by atoms with Crippen LogP contribution in [0.15, 0.2) is 48.8 Å². The van der Waals surface area contributed by atoms with E-state index in [9.17, 15) is 4.79 Å². The van der Waals surface area contributed by atoms with E-state index < -0.39 is 0 Å². The van der Waals surface area contributed by atoms with E-state index in [1.165, 1.54) is 19.2 Å². The fourth-order valence-corrected chi connectivity index (χ4v) is 4.07. The Balaban J connectivity index is 1.44. The molecule has 4 rings (SSSR count). The first-order valence-corrected chi connectivity index (χ1v) is 11.1. The fraction of sp³-hybridized carbons (Fsp3) is 0.364. The molecule has 0 atom stereocenters. The zero-order chi connectivity index (χ0) is 21.6. The van der Waals surface area contributed by atoms with Gasteiger partial charge in [0.15, 0.2) is 0 Å². The Morgan fingerprint density at radius 1 is 1.00 bits per heavy atom. The number of hydrogen-bond donors (Lipinski definition) is 0. The maximum absolute atomic E-state index is 13.2. The lowest BCUT2D eigenvalue weighted by Crippen LogP contribution is -2.38. The molecule has 1 aliphatic rings. The number of likely N-dealkylation sites (tertiary alicyclic amines) is 1. The van der Waals surface area contributed by atoms with Crippen LogP contribution in [0.25, 0.3) is 5.69 Å². The molecule has 0 unspecified atom stereocenters. The van der Waals surface area contributed by atoms with E-state index in [0.29, 0.717) is 29.6 Å². The van der Waals surface area contributed by atoms with Crippen LogP contribution in [0, 0.1) is 0 Å². The van der Waals surface area contributed by atoms with E-state index in [2.05, 4.69) is 20.4 Å². The topological polar surface area (TPSA) is 67.2 Å². The van der Waals surface area contributed by atoms with Crippen LogP contribution >= 0.6 is 23.2 Å². The van der Waals surface area contributed by atoms with Gasteiger partial charge in [-0.15, -0.1) is 5.10 Å². The number of amides is 1.